The highest BCUT2D eigenvalue weighted by atomic mass is 32.2. The van der Waals surface area contributed by atoms with Crippen molar-refractivity contribution in [2.24, 2.45) is 5.92 Å². The molecule has 1 amide bonds. The molecule has 0 bridgehead atoms. The van der Waals surface area contributed by atoms with Crippen LogP contribution in [-0.4, -0.2) is 30.9 Å². The Labute approximate surface area is 217 Å². The fourth-order valence-corrected chi connectivity index (χ4v) is 6.88. The van der Waals surface area contributed by atoms with Gasteiger partial charge in [-0.2, -0.15) is 0 Å². The number of rotatable bonds is 7. The van der Waals surface area contributed by atoms with Crippen molar-refractivity contribution in [2.45, 2.75) is 35.4 Å². The summed E-state index contributed by atoms with van der Waals surface area (Å²) in [5.74, 6) is -3.86. The first kappa shape index (κ1) is 24.8. The second-order valence-electron chi connectivity index (χ2n) is 8.68. The van der Waals surface area contributed by atoms with Crippen molar-refractivity contribution in [3.05, 3.63) is 95.6 Å². The molecule has 0 saturated carbocycles. The van der Waals surface area contributed by atoms with Crippen molar-refractivity contribution in [3.8, 4) is 0 Å². The second kappa shape index (κ2) is 9.53. The molecule has 8 nitrogen and oxygen atoms in total. The number of ketones is 2. The highest BCUT2D eigenvalue weighted by molar-refractivity contribution is 7.93. The summed E-state index contributed by atoms with van der Waals surface area (Å²) >= 11 is 0.778. The summed E-state index contributed by atoms with van der Waals surface area (Å²) in [5, 5.41) is 0.0170. The molecule has 10 heteroatoms. The lowest BCUT2D eigenvalue weighted by Gasteiger charge is -2.25. The lowest BCUT2D eigenvalue weighted by atomic mass is 9.88. The van der Waals surface area contributed by atoms with Gasteiger partial charge in [-0.15, -0.1) is 0 Å². The van der Waals surface area contributed by atoms with Gasteiger partial charge >= 0.3 is 0 Å². The van der Waals surface area contributed by atoms with Crippen molar-refractivity contribution >= 4 is 43.8 Å². The first-order chi connectivity index (χ1) is 17.7. The Morgan fingerprint density at radius 2 is 1.76 bits per heavy atom. The van der Waals surface area contributed by atoms with Crippen molar-refractivity contribution in [2.75, 3.05) is 4.90 Å². The second-order valence-corrected chi connectivity index (χ2v) is 11.9. The predicted octanol–water partition coefficient (Wildman–Crippen LogP) is 4.60. The van der Waals surface area contributed by atoms with Gasteiger partial charge in [0, 0.05) is 0 Å². The average molecular weight is 535 g/mol. The van der Waals surface area contributed by atoms with E-state index in [1.807, 2.05) is 26.0 Å². The van der Waals surface area contributed by atoms with Gasteiger partial charge in [-0.05, 0) is 48.7 Å². The van der Waals surface area contributed by atoms with Crippen LogP contribution in [0.3, 0.4) is 0 Å². The van der Waals surface area contributed by atoms with Gasteiger partial charge in [0.25, 0.3) is 5.91 Å². The van der Waals surface area contributed by atoms with Crippen LogP contribution >= 0.6 is 11.3 Å². The molecule has 1 saturated heterocycles. The molecule has 1 fully saturated rings. The molecule has 37 heavy (non-hydrogen) atoms. The quantitative estimate of drug-likeness (QED) is 0.193. The fourth-order valence-electron chi connectivity index (χ4n) is 4.32. The van der Waals surface area contributed by atoms with Gasteiger partial charge in [0.1, 0.15) is 10.1 Å². The Bertz CT molecular complexity index is 1590. The van der Waals surface area contributed by atoms with Crippen molar-refractivity contribution < 1.29 is 27.2 Å². The molecule has 2 aromatic carbocycles. The Morgan fingerprint density at radius 3 is 2.38 bits per heavy atom. The zero-order chi connectivity index (χ0) is 26.3. The maximum Gasteiger partial charge on any atom is 0.297 e. The van der Waals surface area contributed by atoms with Crippen molar-refractivity contribution in [1.82, 2.24) is 4.98 Å². The summed E-state index contributed by atoms with van der Waals surface area (Å²) in [4.78, 5) is 45.2. The summed E-state index contributed by atoms with van der Waals surface area (Å²) in [7, 11) is -3.90. The maximum atomic E-state index is 13.3. The summed E-state index contributed by atoms with van der Waals surface area (Å²) < 4.78 is 31.6. The zero-order valence-electron chi connectivity index (χ0n) is 20.0. The topological polar surface area (TPSA) is 115 Å². The molecule has 1 aliphatic heterocycles. The van der Waals surface area contributed by atoms with Gasteiger partial charge in [-0.3, -0.25) is 19.3 Å². The van der Waals surface area contributed by atoms with Gasteiger partial charge in [-0.25, -0.2) is 13.4 Å². The predicted molar refractivity (Wildman–Crippen MR) is 136 cm³/mol. The standard InChI is InChI=1S/C27H22N2O6S2/c1-3-17-8-10-18(11-9-17)23-22(24(30)20-5-4-14-35-20)25(31)26(32)29(23)27-28-15-21(36-27)37(33,34)19-12-6-16(2)7-13-19/h4-15,22-23H,3H2,1-2H3. The minimum Gasteiger partial charge on any atom is -0.461 e. The smallest absolute Gasteiger partial charge is 0.297 e. The Kier molecular flexibility index (Phi) is 6.38. The first-order valence-electron chi connectivity index (χ1n) is 11.5. The Hall–Kier alpha value is -3.89. The molecule has 0 radical (unpaired) electrons. The summed E-state index contributed by atoms with van der Waals surface area (Å²) in [5.41, 5.74) is 2.51. The van der Waals surface area contributed by atoms with Crippen LogP contribution in [0.25, 0.3) is 0 Å². The van der Waals surface area contributed by atoms with Gasteiger partial charge in [0.15, 0.2) is 10.9 Å². The monoisotopic (exact) mass is 534 g/mol. The molecule has 2 unspecified atom stereocenters. The lowest BCUT2D eigenvalue weighted by Crippen LogP contribution is -2.30. The van der Waals surface area contributed by atoms with E-state index < -0.39 is 39.3 Å². The van der Waals surface area contributed by atoms with Crippen LogP contribution in [0.2, 0.25) is 0 Å². The number of anilines is 1. The van der Waals surface area contributed by atoms with Gasteiger partial charge in [0.05, 0.1) is 23.4 Å². The number of carbonyl (C=O) groups is 3. The van der Waals surface area contributed by atoms with E-state index in [0.717, 1.165) is 33.8 Å². The third-order valence-electron chi connectivity index (χ3n) is 6.36. The number of aryl methyl sites for hydroxylation is 2. The molecular weight excluding hydrogens is 512 g/mol. The molecule has 3 heterocycles. The number of benzene rings is 2. The molecule has 4 aromatic rings. The molecule has 0 spiro atoms. The van der Waals surface area contributed by atoms with Crippen LogP contribution < -0.4 is 4.90 Å². The third kappa shape index (κ3) is 4.32. The number of furan rings is 1. The van der Waals surface area contributed by atoms with E-state index in [4.69, 9.17) is 4.42 Å². The SMILES string of the molecule is CCc1ccc(C2C(C(=O)c3ccco3)C(=O)C(=O)N2c2ncc(S(=O)(=O)c3ccc(C)cc3)s2)cc1. The van der Waals surface area contributed by atoms with Crippen LogP contribution in [-0.2, 0) is 25.8 Å². The number of thiazole rings is 1. The van der Waals surface area contributed by atoms with Crippen molar-refractivity contribution in [3.63, 3.8) is 0 Å². The van der Waals surface area contributed by atoms with E-state index in [2.05, 4.69) is 4.98 Å². The van der Waals surface area contributed by atoms with Gasteiger partial charge in [-0.1, -0.05) is 60.2 Å². The maximum absolute atomic E-state index is 13.3. The number of amides is 1. The van der Waals surface area contributed by atoms with E-state index in [9.17, 15) is 22.8 Å². The van der Waals surface area contributed by atoms with Crippen molar-refractivity contribution in [1.29, 1.82) is 0 Å². The normalized spacial score (nSPS) is 17.9. The fraction of sp³-hybridized carbons (Fsp3) is 0.185. The van der Waals surface area contributed by atoms with E-state index in [1.54, 1.807) is 24.3 Å². The van der Waals surface area contributed by atoms with Crippen LogP contribution in [0, 0.1) is 12.8 Å². The molecule has 0 N–H and O–H groups in total. The number of nitrogens with zero attached hydrogens (tertiary/aromatic N) is 2. The number of hydrogen-bond acceptors (Lipinski definition) is 8. The highest BCUT2D eigenvalue weighted by Crippen LogP contribution is 2.43. The molecule has 2 aromatic heterocycles. The molecule has 1 aliphatic rings. The van der Waals surface area contributed by atoms with E-state index >= 15 is 0 Å². The van der Waals surface area contributed by atoms with E-state index in [-0.39, 0.29) is 20.0 Å². The average Bonchev–Trinajstić information content (AvgIpc) is 3.65. The summed E-state index contributed by atoms with van der Waals surface area (Å²) in [6.45, 7) is 3.85. The third-order valence-corrected chi connectivity index (χ3v) is 9.58. The highest BCUT2D eigenvalue weighted by Gasteiger charge is 2.54. The summed E-state index contributed by atoms with van der Waals surface area (Å²) in [6.07, 6.45) is 3.28. The Morgan fingerprint density at radius 1 is 1.05 bits per heavy atom. The van der Waals surface area contributed by atoms with E-state index in [1.165, 1.54) is 36.7 Å². The minimum atomic E-state index is -3.90. The van der Waals surface area contributed by atoms with Crippen LogP contribution in [0.5, 0.6) is 0 Å². The summed E-state index contributed by atoms with van der Waals surface area (Å²) in [6, 6.07) is 15.6. The minimum absolute atomic E-state index is 0.0170. The van der Waals surface area contributed by atoms with Crippen LogP contribution in [0.1, 0.15) is 40.2 Å². The number of aromatic nitrogens is 1. The number of carbonyl (C=O) groups excluding carboxylic acids is 3. The lowest BCUT2D eigenvalue weighted by molar-refractivity contribution is -0.135. The molecule has 0 aliphatic carbocycles. The van der Waals surface area contributed by atoms with Crippen LogP contribution in [0.15, 0.2) is 86.6 Å². The largest absolute Gasteiger partial charge is 0.461 e. The number of sulfone groups is 1. The van der Waals surface area contributed by atoms with Crippen LogP contribution in [0.4, 0.5) is 5.13 Å². The molecule has 188 valence electrons. The first-order valence-corrected chi connectivity index (χ1v) is 13.8. The zero-order valence-corrected chi connectivity index (χ0v) is 21.6. The van der Waals surface area contributed by atoms with Gasteiger partial charge < -0.3 is 4.42 Å². The molecular formula is C27H22N2O6S2. The Balaban J connectivity index is 1.59. The molecule has 2 atom stereocenters. The van der Waals surface area contributed by atoms with E-state index in [0.29, 0.717) is 5.56 Å². The molecule has 5 rings (SSSR count). The number of Topliss-reactive ketones (excluding diaryl/α,β-unsaturated/α-hetero) is 2. The van der Waals surface area contributed by atoms with Gasteiger partial charge in [0.2, 0.25) is 21.4 Å². The number of hydrogen-bond donors (Lipinski definition) is 0.